The number of benzene rings is 2. The summed E-state index contributed by atoms with van der Waals surface area (Å²) in [7, 11) is -2.96. The van der Waals surface area contributed by atoms with Crippen LogP contribution in [0.1, 0.15) is 16.7 Å². The third-order valence-electron chi connectivity index (χ3n) is 4.99. The van der Waals surface area contributed by atoms with Crippen LogP contribution in [0.2, 0.25) is 5.02 Å². The van der Waals surface area contributed by atoms with Crippen molar-refractivity contribution in [1.29, 1.82) is 0 Å². The van der Waals surface area contributed by atoms with Gasteiger partial charge in [0.15, 0.2) is 15.0 Å². The molecule has 0 saturated carbocycles. The smallest absolute Gasteiger partial charge is 0.164 e. The van der Waals surface area contributed by atoms with Crippen molar-refractivity contribution in [3.05, 3.63) is 64.2 Å². The second kappa shape index (κ2) is 7.15. The third kappa shape index (κ3) is 4.03. The van der Waals surface area contributed by atoms with Crippen molar-refractivity contribution in [3.63, 3.8) is 0 Å². The fraction of sp³-hybridized carbons (Fsp3) is 0.350. The number of aliphatic imine (C=N–C) groups is 1. The molecule has 0 aromatic heterocycles. The SMILES string of the molecule is Cc1ccc(C)c(CN(C2=N[C@H]3CS(=O)(=O)C[C@@H]3S2)c2cccc(Cl)c2)c1. The van der Waals surface area contributed by atoms with Crippen LogP contribution in [0.5, 0.6) is 0 Å². The van der Waals surface area contributed by atoms with Gasteiger partial charge >= 0.3 is 0 Å². The molecule has 2 aliphatic rings. The van der Waals surface area contributed by atoms with Crippen molar-refractivity contribution in [2.45, 2.75) is 31.7 Å². The minimum atomic E-state index is -2.96. The predicted octanol–water partition coefficient (Wildman–Crippen LogP) is 4.23. The molecular weight excluding hydrogens is 400 g/mol. The van der Waals surface area contributed by atoms with Gasteiger partial charge in [0.25, 0.3) is 0 Å². The number of aryl methyl sites for hydroxylation is 2. The van der Waals surface area contributed by atoms with Gasteiger partial charge in [-0.1, -0.05) is 53.2 Å². The number of nitrogens with zero attached hydrogens (tertiary/aromatic N) is 2. The van der Waals surface area contributed by atoms with E-state index in [1.165, 1.54) is 16.7 Å². The molecule has 2 aromatic rings. The molecule has 0 aliphatic carbocycles. The zero-order chi connectivity index (χ0) is 19.2. The summed E-state index contributed by atoms with van der Waals surface area (Å²) in [5.74, 6) is 0.364. The van der Waals surface area contributed by atoms with Crippen LogP contribution in [0, 0.1) is 13.8 Å². The van der Waals surface area contributed by atoms with Crippen LogP contribution in [-0.4, -0.2) is 36.4 Å². The zero-order valence-electron chi connectivity index (χ0n) is 15.2. The molecule has 1 fully saturated rings. The molecule has 4 rings (SSSR count). The van der Waals surface area contributed by atoms with Crippen molar-refractivity contribution in [2.75, 3.05) is 16.4 Å². The molecule has 27 heavy (non-hydrogen) atoms. The normalized spacial score (nSPS) is 23.1. The highest BCUT2D eigenvalue weighted by Crippen LogP contribution is 2.38. The highest BCUT2D eigenvalue weighted by atomic mass is 35.5. The molecule has 2 atom stereocenters. The topological polar surface area (TPSA) is 49.7 Å². The first kappa shape index (κ1) is 18.8. The fourth-order valence-corrected chi connectivity index (χ4v) is 7.49. The van der Waals surface area contributed by atoms with E-state index in [1.807, 2.05) is 24.3 Å². The Morgan fingerprint density at radius 2 is 2.00 bits per heavy atom. The minimum absolute atomic E-state index is 0.0188. The molecule has 2 aliphatic heterocycles. The minimum Gasteiger partial charge on any atom is -0.317 e. The first-order valence-corrected chi connectivity index (χ1v) is 11.9. The van der Waals surface area contributed by atoms with E-state index in [4.69, 9.17) is 16.6 Å². The van der Waals surface area contributed by atoms with Gasteiger partial charge in [0.05, 0.1) is 24.1 Å². The van der Waals surface area contributed by atoms with Crippen LogP contribution in [0.15, 0.2) is 47.5 Å². The van der Waals surface area contributed by atoms with E-state index in [-0.39, 0.29) is 22.8 Å². The maximum Gasteiger partial charge on any atom is 0.164 e. The highest BCUT2D eigenvalue weighted by Gasteiger charge is 2.44. The van der Waals surface area contributed by atoms with Crippen LogP contribution in [0.3, 0.4) is 0 Å². The maximum atomic E-state index is 11.9. The van der Waals surface area contributed by atoms with Crippen LogP contribution < -0.4 is 4.90 Å². The summed E-state index contributed by atoms with van der Waals surface area (Å²) < 4.78 is 23.8. The average Bonchev–Trinajstić information content (AvgIpc) is 3.09. The van der Waals surface area contributed by atoms with Crippen molar-refractivity contribution in [3.8, 4) is 0 Å². The van der Waals surface area contributed by atoms with E-state index < -0.39 is 9.84 Å². The second-order valence-electron chi connectivity index (χ2n) is 7.21. The molecule has 0 N–H and O–H groups in total. The molecular formula is C20H21ClN2O2S2. The lowest BCUT2D eigenvalue weighted by Gasteiger charge is -2.26. The van der Waals surface area contributed by atoms with Gasteiger partial charge in [-0.15, -0.1) is 0 Å². The van der Waals surface area contributed by atoms with Gasteiger partial charge in [-0.2, -0.15) is 0 Å². The zero-order valence-corrected chi connectivity index (χ0v) is 17.6. The number of sulfone groups is 1. The van der Waals surface area contributed by atoms with Crippen LogP contribution >= 0.6 is 23.4 Å². The van der Waals surface area contributed by atoms with E-state index in [0.29, 0.717) is 11.6 Å². The van der Waals surface area contributed by atoms with Crippen LogP contribution in [0.25, 0.3) is 0 Å². The number of hydrogen-bond donors (Lipinski definition) is 0. The largest absolute Gasteiger partial charge is 0.317 e. The molecule has 0 radical (unpaired) electrons. The average molecular weight is 421 g/mol. The van der Waals surface area contributed by atoms with E-state index in [1.54, 1.807) is 11.8 Å². The summed E-state index contributed by atoms with van der Waals surface area (Å²) in [6, 6.07) is 14.0. The lowest BCUT2D eigenvalue weighted by Crippen LogP contribution is -2.28. The Morgan fingerprint density at radius 1 is 1.19 bits per heavy atom. The van der Waals surface area contributed by atoms with Gasteiger partial charge in [0, 0.05) is 16.0 Å². The Kier molecular flexibility index (Phi) is 4.99. The summed E-state index contributed by atoms with van der Waals surface area (Å²) in [5, 5.41) is 1.57. The standard InChI is InChI=1S/C20H21ClN2O2S2/c1-13-6-7-14(2)15(8-13)10-23(17-5-3-4-16(21)9-17)20-22-18-11-27(24,25)12-19(18)26-20/h3-9,18-19H,10-12H2,1-2H3/t18-,19-/m0/s1. The van der Waals surface area contributed by atoms with Gasteiger partial charge in [-0.3, -0.25) is 4.99 Å². The molecule has 0 bridgehead atoms. The molecule has 4 nitrogen and oxygen atoms in total. The summed E-state index contributed by atoms with van der Waals surface area (Å²) >= 11 is 7.81. The van der Waals surface area contributed by atoms with Crippen molar-refractivity contribution in [2.24, 2.45) is 4.99 Å². The lowest BCUT2D eigenvalue weighted by atomic mass is 10.1. The number of hydrogen-bond acceptors (Lipinski definition) is 5. The molecule has 2 heterocycles. The lowest BCUT2D eigenvalue weighted by molar-refractivity contribution is 0.601. The van der Waals surface area contributed by atoms with E-state index in [0.717, 1.165) is 10.9 Å². The van der Waals surface area contributed by atoms with Gasteiger partial charge < -0.3 is 4.90 Å². The number of thioether (sulfide) groups is 1. The molecule has 7 heteroatoms. The molecule has 0 unspecified atom stereocenters. The van der Waals surface area contributed by atoms with E-state index >= 15 is 0 Å². The number of fused-ring (bicyclic) bond motifs is 1. The van der Waals surface area contributed by atoms with E-state index in [2.05, 4.69) is 36.9 Å². The number of amidine groups is 1. The first-order chi connectivity index (χ1) is 12.8. The third-order valence-corrected chi connectivity index (χ3v) is 8.47. The second-order valence-corrected chi connectivity index (χ2v) is 11.0. The Hall–Kier alpha value is -1.50. The van der Waals surface area contributed by atoms with Crippen LogP contribution in [-0.2, 0) is 16.4 Å². The van der Waals surface area contributed by atoms with Crippen molar-refractivity contribution in [1.82, 2.24) is 0 Å². The van der Waals surface area contributed by atoms with E-state index in [9.17, 15) is 8.42 Å². The monoisotopic (exact) mass is 420 g/mol. The Bertz CT molecular complexity index is 1020. The maximum absolute atomic E-state index is 11.9. The number of rotatable bonds is 3. The highest BCUT2D eigenvalue weighted by molar-refractivity contribution is 8.15. The first-order valence-electron chi connectivity index (χ1n) is 8.85. The Morgan fingerprint density at radius 3 is 2.74 bits per heavy atom. The van der Waals surface area contributed by atoms with Gasteiger partial charge in [-0.05, 0) is 43.2 Å². The molecule has 142 valence electrons. The number of halogens is 1. The fourth-order valence-electron chi connectivity index (χ4n) is 3.53. The Balaban J connectivity index is 1.70. The number of anilines is 1. The van der Waals surface area contributed by atoms with Gasteiger partial charge in [0.1, 0.15) is 0 Å². The van der Waals surface area contributed by atoms with Gasteiger partial charge in [-0.25, -0.2) is 8.42 Å². The molecule has 2 aromatic carbocycles. The molecule has 0 amide bonds. The summed E-state index contributed by atoms with van der Waals surface area (Å²) in [5.41, 5.74) is 4.63. The molecule has 0 spiro atoms. The summed E-state index contributed by atoms with van der Waals surface area (Å²) in [6.45, 7) is 4.87. The summed E-state index contributed by atoms with van der Waals surface area (Å²) in [4.78, 5) is 6.94. The predicted molar refractivity (Wildman–Crippen MR) is 115 cm³/mol. The van der Waals surface area contributed by atoms with Crippen molar-refractivity contribution >= 4 is 44.1 Å². The molecule has 1 saturated heterocycles. The Labute approximate surface area is 169 Å². The summed E-state index contributed by atoms with van der Waals surface area (Å²) in [6.07, 6.45) is 0. The van der Waals surface area contributed by atoms with Crippen LogP contribution in [0.4, 0.5) is 5.69 Å². The van der Waals surface area contributed by atoms with Crippen molar-refractivity contribution < 1.29 is 8.42 Å². The quantitative estimate of drug-likeness (QED) is 0.745. The van der Waals surface area contributed by atoms with Gasteiger partial charge in [0.2, 0.25) is 0 Å².